The summed E-state index contributed by atoms with van der Waals surface area (Å²) in [4.78, 5) is 24.9. The molecule has 1 aliphatic rings. The first-order chi connectivity index (χ1) is 11.3. The Morgan fingerprint density at radius 2 is 2.12 bits per heavy atom. The number of nitrogens with one attached hydrogen (secondary N) is 1. The van der Waals surface area contributed by atoms with Gasteiger partial charge in [0, 0.05) is 12.3 Å². The monoisotopic (exact) mass is 345 g/mol. The summed E-state index contributed by atoms with van der Waals surface area (Å²) in [6, 6.07) is 5.52. The molecular weight excluding hydrogens is 326 g/mol. The van der Waals surface area contributed by atoms with Crippen molar-refractivity contribution in [3.05, 3.63) is 39.9 Å². The molecule has 3 rings (SSSR count). The maximum absolute atomic E-state index is 12.7. The van der Waals surface area contributed by atoms with Gasteiger partial charge in [-0.25, -0.2) is 4.79 Å². The lowest BCUT2D eigenvalue weighted by Crippen LogP contribution is -2.48. The third kappa shape index (κ3) is 3.03. The average molecular weight is 345 g/mol. The Bertz CT molecular complexity index is 815. The van der Waals surface area contributed by atoms with Crippen LogP contribution in [0.25, 0.3) is 0 Å². The number of carbonyl (C=O) groups excluding carboxylic acids is 2. The average Bonchev–Trinajstić information content (AvgIpc) is 2.95. The zero-order valence-corrected chi connectivity index (χ0v) is 14.9. The van der Waals surface area contributed by atoms with Crippen molar-refractivity contribution in [2.75, 3.05) is 5.32 Å². The summed E-state index contributed by atoms with van der Waals surface area (Å²) in [5.74, 6) is -0.630. The number of hydrogen-bond donors (Lipinski definition) is 1. The van der Waals surface area contributed by atoms with Crippen molar-refractivity contribution in [3.8, 4) is 0 Å². The van der Waals surface area contributed by atoms with Crippen molar-refractivity contribution in [1.82, 2.24) is 10.2 Å². The van der Waals surface area contributed by atoms with Gasteiger partial charge < -0.3 is 4.74 Å². The van der Waals surface area contributed by atoms with Crippen LogP contribution in [-0.2, 0) is 16.0 Å². The van der Waals surface area contributed by atoms with Gasteiger partial charge in [-0.3, -0.25) is 10.1 Å². The molecule has 6 nitrogen and oxygen atoms in total. The largest absolute Gasteiger partial charge is 0.445 e. The van der Waals surface area contributed by atoms with Crippen LogP contribution in [-0.4, -0.2) is 27.7 Å². The molecule has 0 radical (unpaired) electrons. The Morgan fingerprint density at radius 1 is 1.38 bits per heavy atom. The molecular formula is C17H19N3O3S. The summed E-state index contributed by atoms with van der Waals surface area (Å²) in [7, 11) is 0. The minimum absolute atomic E-state index is 0.242. The first-order valence-electron chi connectivity index (χ1n) is 7.76. The number of fused-ring (bicyclic) bond motifs is 1. The Morgan fingerprint density at radius 3 is 2.79 bits per heavy atom. The van der Waals surface area contributed by atoms with Gasteiger partial charge in [0.05, 0.1) is 5.56 Å². The van der Waals surface area contributed by atoms with Crippen molar-refractivity contribution in [1.29, 1.82) is 0 Å². The van der Waals surface area contributed by atoms with Crippen molar-refractivity contribution in [3.63, 3.8) is 0 Å². The number of ether oxygens (including phenoxy) is 1. The molecule has 1 unspecified atom stereocenters. The van der Waals surface area contributed by atoms with Gasteiger partial charge >= 0.3 is 5.97 Å². The van der Waals surface area contributed by atoms with Gasteiger partial charge in [-0.15, -0.1) is 10.2 Å². The predicted molar refractivity (Wildman–Crippen MR) is 91.3 cm³/mol. The van der Waals surface area contributed by atoms with E-state index >= 15 is 0 Å². The predicted octanol–water partition coefficient (Wildman–Crippen LogP) is 3.08. The second kappa shape index (κ2) is 5.98. The van der Waals surface area contributed by atoms with Crippen LogP contribution >= 0.6 is 11.3 Å². The van der Waals surface area contributed by atoms with Gasteiger partial charge in [0.2, 0.25) is 5.13 Å². The van der Waals surface area contributed by atoms with Crippen LogP contribution < -0.4 is 5.32 Å². The quantitative estimate of drug-likeness (QED) is 0.865. The molecule has 1 aromatic heterocycles. The van der Waals surface area contributed by atoms with Crippen LogP contribution in [0.5, 0.6) is 0 Å². The Hall–Kier alpha value is -2.28. The summed E-state index contributed by atoms with van der Waals surface area (Å²) in [6.45, 7) is 7.59. The van der Waals surface area contributed by atoms with Gasteiger partial charge in [-0.2, -0.15) is 0 Å². The molecule has 1 atom stereocenters. The lowest BCUT2D eigenvalue weighted by atomic mass is 9.88. The molecule has 126 valence electrons. The second-order valence-electron chi connectivity index (χ2n) is 6.51. The van der Waals surface area contributed by atoms with Gasteiger partial charge in [0.1, 0.15) is 5.01 Å². The summed E-state index contributed by atoms with van der Waals surface area (Å²) in [6.07, 6.45) is 0.331. The minimum atomic E-state index is -1.26. The third-order valence-electron chi connectivity index (χ3n) is 3.96. The Kier molecular flexibility index (Phi) is 4.13. The van der Waals surface area contributed by atoms with Crippen LogP contribution in [0, 0.1) is 6.92 Å². The van der Waals surface area contributed by atoms with E-state index in [0.717, 1.165) is 16.1 Å². The van der Waals surface area contributed by atoms with Crippen LogP contribution in [0.4, 0.5) is 5.13 Å². The maximum Gasteiger partial charge on any atom is 0.339 e. The zero-order chi connectivity index (χ0) is 17.5. The molecule has 24 heavy (non-hydrogen) atoms. The highest BCUT2D eigenvalue weighted by atomic mass is 32.1. The molecule has 1 aliphatic heterocycles. The molecule has 0 spiro atoms. The molecule has 2 aromatic rings. The Balaban J connectivity index is 1.82. The fraction of sp³-hybridized carbons (Fsp3) is 0.412. The lowest BCUT2D eigenvalue weighted by molar-refractivity contribution is -0.134. The van der Waals surface area contributed by atoms with Crippen molar-refractivity contribution >= 4 is 28.3 Å². The fourth-order valence-corrected chi connectivity index (χ4v) is 3.34. The maximum atomic E-state index is 12.7. The van der Waals surface area contributed by atoms with Crippen LogP contribution in [0.2, 0.25) is 0 Å². The van der Waals surface area contributed by atoms with E-state index < -0.39 is 17.5 Å². The molecule has 0 saturated heterocycles. The van der Waals surface area contributed by atoms with E-state index in [0.29, 0.717) is 17.1 Å². The zero-order valence-electron chi connectivity index (χ0n) is 14.0. The third-order valence-corrected chi connectivity index (χ3v) is 5.10. The summed E-state index contributed by atoms with van der Waals surface area (Å²) < 4.78 is 5.43. The van der Waals surface area contributed by atoms with E-state index in [2.05, 4.69) is 15.5 Å². The highest BCUT2D eigenvalue weighted by Crippen LogP contribution is 2.31. The number of cyclic esters (lactones) is 1. The van der Waals surface area contributed by atoms with Crippen LogP contribution in [0.3, 0.4) is 0 Å². The number of carbonyl (C=O) groups is 2. The number of aromatic nitrogens is 2. The minimum Gasteiger partial charge on any atom is -0.445 e. The highest BCUT2D eigenvalue weighted by molar-refractivity contribution is 7.15. The Labute approximate surface area is 144 Å². The summed E-state index contributed by atoms with van der Waals surface area (Å²) in [5.41, 5.74) is 1.12. The number of esters is 1. The van der Waals surface area contributed by atoms with E-state index in [4.69, 9.17) is 4.74 Å². The topological polar surface area (TPSA) is 81.2 Å². The molecule has 0 fully saturated rings. The van der Waals surface area contributed by atoms with Crippen molar-refractivity contribution in [2.45, 2.75) is 45.6 Å². The SMILES string of the molecule is Cc1ccc2c(c1)CC(C)(C(=O)Nc1nnc(C(C)C)s1)OC2=O. The number of anilines is 1. The number of amides is 1. The summed E-state index contributed by atoms with van der Waals surface area (Å²) in [5, 5.41) is 12.0. The molecule has 1 amide bonds. The molecule has 7 heteroatoms. The van der Waals surface area contributed by atoms with Crippen LogP contribution in [0.1, 0.15) is 53.2 Å². The first kappa shape index (κ1) is 16.6. The van der Waals surface area contributed by atoms with Gasteiger partial charge in [-0.1, -0.05) is 42.9 Å². The van der Waals surface area contributed by atoms with E-state index in [9.17, 15) is 9.59 Å². The molecule has 0 bridgehead atoms. The highest BCUT2D eigenvalue weighted by Gasteiger charge is 2.43. The van der Waals surface area contributed by atoms with E-state index in [-0.39, 0.29) is 5.92 Å². The van der Waals surface area contributed by atoms with Crippen molar-refractivity contribution < 1.29 is 14.3 Å². The standard InChI is InChI=1S/C17H19N3O3S/c1-9(2)13-19-20-16(24-13)18-15(22)17(4)8-11-7-10(3)5-6-12(11)14(21)23-17/h5-7,9H,8H2,1-4H3,(H,18,20,22). The van der Waals surface area contributed by atoms with E-state index in [1.807, 2.05) is 32.9 Å². The molecule has 0 saturated carbocycles. The second-order valence-corrected chi connectivity index (χ2v) is 7.52. The number of nitrogens with zero attached hydrogens (tertiary/aromatic N) is 2. The number of rotatable bonds is 3. The van der Waals surface area contributed by atoms with Gasteiger partial charge in [-0.05, 0) is 25.5 Å². The van der Waals surface area contributed by atoms with Gasteiger partial charge in [0.15, 0.2) is 5.60 Å². The molecule has 1 N–H and O–H groups in total. The fourth-order valence-electron chi connectivity index (χ4n) is 2.60. The molecule has 2 heterocycles. The molecule has 0 aliphatic carbocycles. The lowest BCUT2D eigenvalue weighted by Gasteiger charge is -2.32. The smallest absolute Gasteiger partial charge is 0.339 e. The van der Waals surface area contributed by atoms with Crippen LogP contribution in [0.15, 0.2) is 18.2 Å². The van der Waals surface area contributed by atoms with Gasteiger partial charge in [0.25, 0.3) is 5.91 Å². The first-order valence-corrected chi connectivity index (χ1v) is 8.58. The summed E-state index contributed by atoms with van der Waals surface area (Å²) >= 11 is 1.33. The van der Waals surface area contributed by atoms with E-state index in [1.165, 1.54) is 11.3 Å². The van der Waals surface area contributed by atoms with E-state index in [1.54, 1.807) is 13.0 Å². The molecule has 1 aromatic carbocycles. The van der Waals surface area contributed by atoms with Crippen molar-refractivity contribution in [2.24, 2.45) is 0 Å². The number of benzene rings is 1. The number of aryl methyl sites for hydroxylation is 1. The number of hydrogen-bond acceptors (Lipinski definition) is 6. The normalized spacial score (nSPS) is 19.8.